The first-order valence-corrected chi connectivity index (χ1v) is 8.71. The first kappa shape index (κ1) is 17.3. The lowest BCUT2D eigenvalue weighted by Gasteiger charge is -2.06. The van der Waals surface area contributed by atoms with Crippen LogP contribution in [0.15, 0.2) is 40.3 Å². The molecule has 0 aliphatic rings. The molecular weight excluding hydrogens is 310 g/mol. The number of amides is 1. The van der Waals surface area contributed by atoms with Crippen molar-refractivity contribution in [3.8, 4) is 0 Å². The Morgan fingerprint density at radius 2 is 2.00 bits per heavy atom. The molecule has 122 valence electrons. The molecule has 0 fully saturated rings. The van der Waals surface area contributed by atoms with Crippen molar-refractivity contribution in [2.75, 3.05) is 11.1 Å². The second kappa shape index (κ2) is 8.53. The fourth-order valence-corrected chi connectivity index (χ4v) is 2.79. The molecule has 5 nitrogen and oxygen atoms in total. The van der Waals surface area contributed by atoms with Crippen molar-refractivity contribution in [1.82, 2.24) is 9.97 Å². The van der Waals surface area contributed by atoms with Crippen LogP contribution in [-0.2, 0) is 17.6 Å². The second-order valence-corrected chi connectivity index (χ2v) is 6.14. The summed E-state index contributed by atoms with van der Waals surface area (Å²) in [6, 6.07) is 9.28. The molecule has 2 aromatic rings. The van der Waals surface area contributed by atoms with Crippen LogP contribution < -0.4 is 10.9 Å². The van der Waals surface area contributed by atoms with Gasteiger partial charge in [0.2, 0.25) is 5.91 Å². The third kappa shape index (κ3) is 5.56. The highest BCUT2D eigenvalue weighted by Gasteiger charge is 2.07. The van der Waals surface area contributed by atoms with E-state index in [2.05, 4.69) is 22.2 Å². The second-order valence-electron chi connectivity index (χ2n) is 5.18. The molecule has 2 N–H and O–H groups in total. The molecule has 0 aliphatic carbocycles. The number of H-pyrrole nitrogens is 1. The van der Waals surface area contributed by atoms with Gasteiger partial charge in [0.25, 0.3) is 5.56 Å². The molecule has 0 saturated carbocycles. The minimum Gasteiger partial charge on any atom is -0.325 e. The standard InChI is InChI=1S/C17H21N3O2S/c1-3-5-14-10-15(21)20-17(19-14)23-11-16(22)18-13-8-6-12(4-2)7-9-13/h6-10H,3-5,11H2,1-2H3,(H,18,22)(H,19,20,21). The van der Waals surface area contributed by atoms with E-state index in [1.165, 1.54) is 23.4 Å². The quantitative estimate of drug-likeness (QED) is 0.604. The number of rotatable bonds is 7. The fourth-order valence-electron chi connectivity index (χ4n) is 2.09. The smallest absolute Gasteiger partial charge is 0.251 e. The van der Waals surface area contributed by atoms with Crippen LogP contribution in [0.1, 0.15) is 31.5 Å². The van der Waals surface area contributed by atoms with Crippen LogP contribution in [0.2, 0.25) is 0 Å². The minimum absolute atomic E-state index is 0.122. The molecule has 0 bridgehead atoms. The van der Waals surface area contributed by atoms with Crippen LogP contribution in [0.5, 0.6) is 0 Å². The molecule has 2 rings (SSSR count). The van der Waals surface area contributed by atoms with Gasteiger partial charge >= 0.3 is 0 Å². The predicted octanol–water partition coefficient (Wildman–Crippen LogP) is 3.02. The number of carbonyl (C=O) groups is 1. The lowest BCUT2D eigenvalue weighted by Crippen LogP contribution is -2.15. The zero-order valence-electron chi connectivity index (χ0n) is 13.4. The van der Waals surface area contributed by atoms with E-state index in [0.29, 0.717) is 5.16 Å². The summed E-state index contributed by atoms with van der Waals surface area (Å²) >= 11 is 1.23. The molecule has 1 amide bonds. The Bertz CT molecular complexity index is 711. The number of aryl methyl sites for hydroxylation is 2. The summed E-state index contributed by atoms with van der Waals surface area (Å²) in [5.74, 6) is 0.0800. The number of benzene rings is 1. The highest BCUT2D eigenvalue weighted by Crippen LogP contribution is 2.14. The lowest BCUT2D eigenvalue weighted by atomic mass is 10.1. The third-order valence-electron chi connectivity index (χ3n) is 3.27. The highest BCUT2D eigenvalue weighted by molar-refractivity contribution is 7.99. The predicted molar refractivity (Wildman–Crippen MR) is 94.0 cm³/mol. The Hall–Kier alpha value is -2.08. The number of hydrogen-bond acceptors (Lipinski definition) is 4. The maximum absolute atomic E-state index is 12.0. The summed E-state index contributed by atoms with van der Waals surface area (Å²) in [5, 5.41) is 3.32. The Labute approximate surface area is 139 Å². The molecule has 23 heavy (non-hydrogen) atoms. The van der Waals surface area contributed by atoms with Gasteiger partial charge in [-0.15, -0.1) is 0 Å². The van der Waals surface area contributed by atoms with E-state index in [1.54, 1.807) is 0 Å². The van der Waals surface area contributed by atoms with Crippen LogP contribution in [0.25, 0.3) is 0 Å². The molecule has 1 aromatic carbocycles. The molecule has 0 radical (unpaired) electrons. The van der Waals surface area contributed by atoms with Crippen molar-refractivity contribution in [1.29, 1.82) is 0 Å². The zero-order valence-corrected chi connectivity index (χ0v) is 14.2. The molecular formula is C17H21N3O2S. The lowest BCUT2D eigenvalue weighted by molar-refractivity contribution is -0.113. The van der Waals surface area contributed by atoms with Crippen LogP contribution in [0.4, 0.5) is 5.69 Å². The molecule has 0 spiro atoms. The zero-order chi connectivity index (χ0) is 16.7. The van der Waals surface area contributed by atoms with E-state index in [9.17, 15) is 9.59 Å². The number of hydrogen-bond donors (Lipinski definition) is 2. The maximum Gasteiger partial charge on any atom is 0.251 e. The van der Waals surface area contributed by atoms with Crippen molar-refractivity contribution in [3.05, 3.63) is 51.9 Å². The van der Waals surface area contributed by atoms with Crippen molar-refractivity contribution in [2.45, 2.75) is 38.3 Å². The molecule has 0 aliphatic heterocycles. The van der Waals surface area contributed by atoms with Crippen molar-refractivity contribution < 1.29 is 4.79 Å². The maximum atomic E-state index is 12.0. The third-order valence-corrected chi connectivity index (χ3v) is 4.14. The Balaban J connectivity index is 1.92. The van der Waals surface area contributed by atoms with Crippen LogP contribution in [-0.4, -0.2) is 21.6 Å². The van der Waals surface area contributed by atoms with Gasteiger partial charge in [0.05, 0.1) is 5.75 Å². The summed E-state index contributed by atoms with van der Waals surface area (Å²) in [6.07, 6.45) is 2.65. The molecule has 0 atom stereocenters. The van der Waals surface area contributed by atoms with E-state index in [-0.39, 0.29) is 17.2 Å². The number of nitrogens with zero attached hydrogens (tertiary/aromatic N) is 1. The number of aromatic nitrogens is 2. The summed E-state index contributed by atoms with van der Waals surface area (Å²) < 4.78 is 0. The summed E-state index contributed by atoms with van der Waals surface area (Å²) in [4.78, 5) is 30.6. The van der Waals surface area contributed by atoms with Crippen molar-refractivity contribution in [2.24, 2.45) is 0 Å². The Morgan fingerprint density at radius 3 is 2.65 bits per heavy atom. The monoisotopic (exact) mass is 331 g/mol. The van der Waals surface area contributed by atoms with Gasteiger partial charge < -0.3 is 10.3 Å². The number of thioether (sulfide) groups is 1. The fraction of sp³-hybridized carbons (Fsp3) is 0.353. The van der Waals surface area contributed by atoms with E-state index < -0.39 is 0 Å². The Morgan fingerprint density at radius 1 is 1.26 bits per heavy atom. The molecule has 6 heteroatoms. The van der Waals surface area contributed by atoms with Crippen molar-refractivity contribution in [3.63, 3.8) is 0 Å². The van der Waals surface area contributed by atoms with Gasteiger partial charge in [-0.05, 0) is 30.5 Å². The summed E-state index contributed by atoms with van der Waals surface area (Å²) in [7, 11) is 0. The van der Waals surface area contributed by atoms with Crippen LogP contribution in [0.3, 0.4) is 0 Å². The van der Waals surface area contributed by atoms with Gasteiger partial charge in [-0.1, -0.05) is 44.2 Å². The van der Waals surface area contributed by atoms with Crippen molar-refractivity contribution >= 4 is 23.4 Å². The van der Waals surface area contributed by atoms with Crippen LogP contribution >= 0.6 is 11.8 Å². The average Bonchev–Trinajstić information content (AvgIpc) is 2.53. The number of carbonyl (C=O) groups excluding carboxylic acids is 1. The first-order chi connectivity index (χ1) is 11.1. The molecule has 1 heterocycles. The van der Waals surface area contributed by atoms with E-state index in [4.69, 9.17) is 0 Å². The first-order valence-electron chi connectivity index (χ1n) is 7.72. The summed E-state index contributed by atoms with van der Waals surface area (Å²) in [6.45, 7) is 4.12. The van der Waals surface area contributed by atoms with E-state index >= 15 is 0 Å². The van der Waals surface area contributed by atoms with Gasteiger partial charge in [-0.2, -0.15) is 0 Å². The van der Waals surface area contributed by atoms with Gasteiger partial charge in [0.1, 0.15) is 0 Å². The average molecular weight is 331 g/mol. The van der Waals surface area contributed by atoms with Gasteiger partial charge in [0, 0.05) is 17.4 Å². The van der Waals surface area contributed by atoms with E-state index in [1.807, 2.05) is 31.2 Å². The highest BCUT2D eigenvalue weighted by atomic mass is 32.2. The van der Waals surface area contributed by atoms with Crippen LogP contribution in [0, 0.1) is 0 Å². The Kier molecular flexibility index (Phi) is 6.40. The summed E-state index contributed by atoms with van der Waals surface area (Å²) in [5.41, 5.74) is 2.58. The number of aromatic amines is 1. The number of nitrogens with one attached hydrogen (secondary N) is 2. The number of anilines is 1. The van der Waals surface area contributed by atoms with E-state index in [0.717, 1.165) is 30.6 Å². The molecule has 0 unspecified atom stereocenters. The van der Waals surface area contributed by atoms with Gasteiger partial charge in [-0.25, -0.2) is 4.98 Å². The van der Waals surface area contributed by atoms with Gasteiger partial charge in [-0.3, -0.25) is 9.59 Å². The minimum atomic E-state index is -0.179. The SMILES string of the molecule is CCCc1cc(=O)[nH]c(SCC(=O)Nc2ccc(CC)cc2)n1. The topological polar surface area (TPSA) is 74.8 Å². The molecule has 1 aromatic heterocycles. The largest absolute Gasteiger partial charge is 0.325 e. The normalized spacial score (nSPS) is 10.5. The van der Waals surface area contributed by atoms with Gasteiger partial charge in [0.15, 0.2) is 5.16 Å². The molecule has 0 saturated heterocycles.